The molecule has 0 radical (unpaired) electrons. The standard InChI is InChI=1S/C14H27NO5/c1-10(2)14(4,12(17)18)8-11(16)15-9-13(3,19)6-7-20-5/h10,19H,6-9H2,1-5H3,(H,15,16)(H,17,18). The highest BCUT2D eigenvalue weighted by Crippen LogP contribution is 2.31. The monoisotopic (exact) mass is 289 g/mol. The van der Waals surface area contributed by atoms with Crippen LogP contribution < -0.4 is 5.32 Å². The van der Waals surface area contributed by atoms with Gasteiger partial charge < -0.3 is 20.3 Å². The van der Waals surface area contributed by atoms with Crippen molar-refractivity contribution < 1.29 is 24.5 Å². The molecule has 6 heteroatoms. The van der Waals surface area contributed by atoms with Gasteiger partial charge in [0.15, 0.2) is 0 Å². The van der Waals surface area contributed by atoms with E-state index in [4.69, 9.17) is 4.74 Å². The minimum atomic E-state index is -1.11. The van der Waals surface area contributed by atoms with Gasteiger partial charge in [0.25, 0.3) is 0 Å². The lowest BCUT2D eigenvalue weighted by atomic mass is 9.76. The molecule has 0 heterocycles. The van der Waals surface area contributed by atoms with Crippen LogP contribution in [0.3, 0.4) is 0 Å². The molecule has 0 spiro atoms. The van der Waals surface area contributed by atoms with Gasteiger partial charge in [-0.2, -0.15) is 0 Å². The highest BCUT2D eigenvalue weighted by Gasteiger charge is 2.39. The SMILES string of the molecule is COCCC(C)(O)CNC(=O)CC(C)(C(=O)O)C(C)C. The summed E-state index contributed by atoms with van der Waals surface area (Å²) in [4.78, 5) is 23.2. The van der Waals surface area contributed by atoms with Crippen molar-refractivity contribution in [1.82, 2.24) is 5.32 Å². The first-order chi connectivity index (χ1) is 9.05. The summed E-state index contributed by atoms with van der Waals surface area (Å²) in [6.07, 6.45) is 0.282. The number of hydrogen-bond acceptors (Lipinski definition) is 4. The molecule has 0 aromatic carbocycles. The molecule has 0 aromatic rings. The smallest absolute Gasteiger partial charge is 0.310 e. The van der Waals surface area contributed by atoms with E-state index in [0.717, 1.165) is 0 Å². The Labute approximate surface area is 120 Å². The number of carboxylic acids is 1. The van der Waals surface area contributed by atoms with E-state index in [0.29, 0.717) is 13.0 Å². The Morgan fingerprint density at radius 2 is 1.85 bits per heavy atom. The number of methoxy groups -OCH3 is 1. The summed E-state index contributed by atoms with van der Waals surface area (Å²) in [5.41, 5.74) is -2.18. The van der Waals surface area contributed by atoms with Crippen LogP contribution in [0.4, 0.5) is 0 Å². The highest BCUT2D eigenvalue weighted by atomic mass is 16.5. The number of carbonyl (C=O) groups excluding carboxylic acids is 1. The maximum atomic E-state index is 11.9. The molecule has 1 amide bonds. The molecular formula is C14H27NO5. The Balaban J connectivity index is 4.46. The van der Waals surface area contributed by atoms with Gasteiger partial charge in [0, 0.05) is 33.1 Å². The minimum absolute atomic E-state index is 0.0724. The molecule has 0 rings (SSSR count). The third-order valence-corrected chi connectivity index (χ3v) is 3.80. The van der Waals surface area contributed by atoms with E-state index in [9.17, 15) is 19.8 Å². The highest BCUT2D eigenvalue weighted by molar-refractivity contribution is 5.84. The minimum Gasteiger partial charge on any atom is -0.481 e. The number of ether oxygens (including phenoxy) is 1. The number of nitrogens with one attached hydrogen (secondary N) is 1. The fraction of sp³-hybridized carbons (Fsp3) is 0.857. The predicted molar refractivity (Wildman–Crippen MR) is 75.3 cm³/mol. The number of aliphatic carboxylic acids is 1. The molecule has 3 N–H and O–H groups in total. The van der Waals surface area contributed by atoms with Crippen LogP contribution in [0.1, 0.15) is 40.5 Å². The van der Waals surface area contributed by atoms with E-state index in [1.807, 2.05) is 0 Å². The third kappa shape index (κ3) is 5.88. The van der Waals surface area contributed by atoms with E-state index < -0.39 is 17.0 Å². The van der Waals surface area contributed by atoms with Crippen molar-refractivity contribution in [2.75, 3.05) is 20.3 Å². The zero-order valence-electron chi connectivity index (χ0n) is 13.0. The van der Waals surface area contributed by atoms with Crippen LogP contribution in [0.15, 0.2) is 0 Å². The summed E-state index contributed by atoms with van der Waals surface area (Å²) in [7, 11) is 1.54. The number of carboxylic acid groups (broad SMARTS) is 1. The normalized spacial score (nSPS) is 17.4. The Kier molecular flexibility index (Phi) is 7.16. The summed E-state index contributed by atoms with van der Waals surface area (Å²) in [6.45, 7) is 7.17. The van der Waals surface area contributed by atoms with Crippen molar-refractivity contribution in [3.63, 3.8) is 0 Å². The maximum absolute atomic E-state index is 11.9. The van der Waals surface area contributed by atoms with Crippen molar-refractivity contribution >= 4 is 11.9 Å². The number of aliphatic hydroxyl groups is 1. The molecule has 0 aliphatic rings. The van der Waals surface area contributed by atoms with E-state index in [2.05, 4.69) is 5.32 Å². The largest absolute Gasteiger partial charge is 0.481 e. The van der Waals surface area contributed by atoms with E-state index in [1.165, 1.54) is 7.11 Å². The van der Waals surface area contributed by atoms with Gasteiger partial charge in [0.1, 0.15) is 0 Å². The summed E-state index contributed by atoms with van der Waals surface area (Å²) in [6, 6.07) is 0. The van der Waals surface area contributed by atoms with Crippen LogP contribution in [0.25, 0.3) is 0 Å². The summed E-state index contributed by atoms with van der Waals surface area (Å²) in [5, 5.41) is 21.8. The van der Waals surface area contributed by atoms with Gasteiger partial charge in [0.2, 0.25) is 5.91 Å². The second kappa shape index (κ2) is 7.59. The van der Waals surface area contributed by atoms with Gasteiger partial charge in [-0.1, -0.05) is 13.8 Å². The summed E-state index contributed by atoms with van der Waals surface area (Å²) in [5.74, 6) is -1.53. The maximum Gasteiger partial charge on any atom is 0.310 e. The molecule has 2 unspecified atom stereocenters. The molecule has 0 saturated heterocycles. The zero-order chi connectivity index (χ0) is 16.0. The molecule has 2 atom stereocenters. The second-order valence-corrected chi connectivity index (χ2v) is 6.07. The summed E-state index contributed by atoms with van der Waals surface area (Å²) < 4.78 is 4.88. The van der Waals surface area contributed by atoms with Crippen LogP contribution in [0, 0.1) is 11.3 Å². The van der Waals surface area contributed by atoms with Gasteiger partial charge in [-0.15, -0.1) is 0 Å². The molecule has 6 nitrogen and oxygen atoms in total. The molecular weight excluding hydrogens is 262 g/mol. The van der Waals surface area contributed by atoms with E-state index in [1.54, 1.807) is 27.7 Å². The topological polar surface area (TPSA) is 95.9 Å². The molecule has 0 aliphatic carbocycles. The molecule has 0 aromatic heterocycles. The number of carbonyl (C=O) groups is 2. The Hall–Kier alpha value is -1.14. The molecule has 0 fully saturated rings. The Morgan fingerprint density at radius 1 is 1.30 bits per heavy atom. The Bertz CT molecular complexity index is 340. The van der Waals surface area contributed by atoms with Crippen LogP contribution >= 0.6 is 0 Å². The van der Waals surface area contributed by atoms with Crippen molar-refractivity contribution in [2.45, 2.75) is 46.1 Å². The van der Waals surface area contributed by atoms with E-state index in [-0.39, 0.29) is 24.8 Å². The van der Waals surface area contributed by atoms with Crippen molar-refractivity contribution in [3.8, 4) is 0 Å². The number of rotatable bonds is 9. The van der Waals surface area contributed by atoms with Crippen LogP contribution in [-0.4, -0.2) is 48.0 Å². The van der Waals surface area contributed by atoms with Crippen molar-refractivity contribution in [2.24, 2.45) is 11.3 Å². The zero-order valence-corrected chi connectivity index (χ0v) is 13.0. The van der Waals surface area contributed by atoms with Gasteiger partial charge in [0.05, 0.1) is 11.0 Å². The lowest BCUT2D eigenvalue weighted by Gasteiger charge is -2.29. The van der Waals surface area contributed by atoms with Gasteiger partial charge in [-0.3, -0.25) is 9.59 Å². The molecule has 20 heavy (non-hydrogen) atoms. The lowest BCUT2D eigenvalue weighted by Crippen LogP contribution is -2.44. The molecule has 118 valence electrons. The van der Waals surface area contributed by atoms with Crippen molar-refractivity contribution in [1.29, 1.82) is 0 Å². The van der Waals surface area contributed by atoms with Crippen LogP contribution in [0.5, 0.6) is 0 Å². The first-order valence-corrected chi connectivity index (χ1v) is 6.76. The number of hydrogen-bond donors (Lipinski definition) is 3. The fourth-order valence-corrected chi connectivity index (χ4v) is 1.62. The fourth-order valence-electron chi connectivity index (χ4n) is 1.62. The first-order valence-electron chi connectivity index (χ1n) is 6.76. The third-order valence-electron chi connectivity index (χ3n) is 3.80. The molecule has 0 bridgehead atoms. The van der Waals surface area contributed by atoms with E-state index >= 15 is 0 Å². The molecule has 0 saturated carbocycles. The first kappa shape index (κ1) is 18.9. The summed E-state index contributed by atoms with van der Waals surface area (Å²) >= 11 is 0. The number of amides is 1. The molecule has 0 aliphatic heterocycles. The average molecular weight is 289 g/mol. The average Bonchev–Trinajstić information content (AvgIpc) is 2.33. The predicted octanol–water partition coefficient (Wildman–Crippen LogP) is 1.03. The van der Waals surface area contributed by atoms with Gasteiger partial charge in [-0.25, -0.2) is 0 Å². The Morgan fingerprint density at radius 3 is 2.25 bits per heavy atom. The van der Waals surface area contributed by atoms with Crippen LogP contribution in [-0.2, 0) is 14.3 Å². The van der Waals surface area contributed by atoms with Crippen molar-refractivity contribution in [3.05, 3.63) is 0 Å². The quantitative estimate of drug-likeness (QED) is 0.589. The van der Waals surface area contributed by atoms with Crippen LogP contribution in [0.2, 0.25) is 0 Å². The second-order valence-electron chi connectivity index (χ2n) is 6.07. The lowest BCUT2D eigenvalue weighted by molar-refractivity contribution is -0.153. The van der Waals surface area contributed by atoms with Gasteiger partial charge in [-0.05, 0) is 19.8 Å². The van der Waals surface area contributed by atoms with Gasteiger partial charge >= 0.3 is 5.97 Å².